The van der Waals surface area contributed by atoms with Gasteiger partial charge >= 0.3 is 12.1 Å². The molecule has 0 spiro atoms. The van der Waals surface area contributed by atoms with E-state index in [1.165, 1.54) is 0 Å². The molecule has 0 bridgehead atoms. The van der Waals surface area contributed by atoms with Gasteiger partial charge in [-0.25, -0.2) is 9.48 Å². The van der Waals surface area contributed by atoms with Crippen molar-refractivity contribution >= 4 is 23.4 Å². The minimum Gasteiger partial charge on any atom is -0.477 e. The van der Waals surface area contributed by atoms with Gasteiger partial charge in [0.2, 0.25) is 0 Å². The van der Waals surface area contributed by atoms with E-state index in [1.54, 1.807) is 29.2 Å². The molecular weight excluding hydrogens is 335 g/mol. The number of fused-ring (bicyclic) bond motifs is 1. The number of nitrogens with zero attached hydrogens (tertiary/aromatic N) is 3. The number of benzene rings is 1. The number of carbonyl (C=O) groups is 1. The molecular formula is C14H11ClF3N3O2. The van der Waals surface area contributed by atoms with Crippen LogP contribution in [0.4, 0.5) is 19.0 Å². The number of rotatable bonds is 3. The topological polar surface area (TPSA) is 58.4 Å². The standard InChI is InChI=1S/C14H11ClF3N3O2/c15-9-3-1-2-8(6-9)7-20-4-5-21-12(20)10(13(22)23)11(19-21)14(16,17)18/h1-3,6H,4-5,7H2,(H,22,23). The van der Waals surface area contributed by atoms with Gasteiger partial charge in [-0.2, -0.15) is 18.3 Å². The van der Waals surface area contributed by atoms with Crippen LogP contribution in [0.1, 0.15) is 21.6 Å². The molecule has 0 saturated heterocycles. The molecule has 0 atom stereocenters. The zero-order chi connectivity index (χ0) is 16.8. The Morgan fingerprint density at radius 3 is 2.70 bits per heavy atom. The van der Waals surface area contributed by atoms with Gasteiger partial charge in [-0.05, 0) is 17.7 Å². The van der Waals surface area contributed by atoms with Crippen molar-refractivity contribution in [3.05, 3.63) is 46.1 Å². The maximum Gasteiger partial charge on any atom is 0.436 e. The Labute approximate surface area is 133 Å². The molecule has 0 fully saturated rings. The van der Waals surface area contributed by atoms with E-state index in [4.69, 9.17) is 11.6 Å². The Balaban J connectivity index is 2.01. The van der Waals surface area contributed by atoms with E-state index >= 15 is 0 Å². The van der Waals surface area contributed by atoms with Gasteiger partial charge in [-0.15, -0.1) is 0 Å². The molecule has 1 aliphatic rings. The Bertz CT molecular complexity index is 773. The number of alkyl halides is 3. The molecule has 0 amide bonds. The van der Waals surface area contributed by atoms with Crippen LogP contribution in [-0.2, 0) is 19.3 Å². The zero-order valence-electron chi connectivity index (χ0n) is 11.6. The van der Waals surface area contributed by atoms with Crippen molar-refractivity contribution in [3.63, 3.8) is 0 Å². The van der Waals surface area contributed by atoms with Crippen molar-refractivity contribution in [2.24, 2.45) is 0 Å². The van der Waals surface area contributed by atoms with Crippen LogP contribution in [0.2, 0.25) is 5.02 Å². The van der Waals surface area contributed by atoms with E-state index in [2.05, 4.69) is 5.10 Å². The lowest BCUT2D eigenvalue weighted by atomic mass is 10.2. The summed E-state index contributed by atoms with van der Waals surface area (Å²) >= 11 is 5.90. The second-order valence-corrected chi connectivity index (χ2v) is 5.56. The fourth-order valence-electron chi connectivity index (χ4n) is 2.66. The second-order valence-electron chi connectivity index (χ2n) is 5.12. The van der Waals surface area contributed by atoms with Crippen molar-refractivity contribution in [1.29, 1.82) is 0 Å². The zero-order valence-corrected chi connectivity index (χ0v) is 12.4. The number of hydrogen-bond acceptors (Lipinski definition) is 3. The van der Waals surface area contributed by atoms with Crippen molar-refractivity contribution in [2.45, 2.75) is 19.3 Å². The molecule has 2 heterocycles. The smallest absolute Gasteiger partial charge is 0.436 e. The van der Waals surface area contributed by atoms with Crippen LogP contribution in [0.25, 0.3) is 0 Å². The lowest BCUT2D eigenvalue weighted by molar-refractivity contribution is -0.142. The summed E-state index contributed by atoms with van der Waals surface area (Å²) in [6.45, 7) is 0.837. The Hall–Kier alpha value is -2.22. The maximum absolute atomic E-state index is 13.0. The predicted octanol–water partition coefficient (Wildman–Crippen LogP) is 3.27. The van der Waals surface area contributed by atoms with Crippen LogP contribution in [0.3, 0.4) is 0 Å². The van der Waals surface area contributed by atoms with Crippen molar-refractivity contribution in [3.8, 4) is 0 Å². The summed E-state index contributed by atoms with van der Waals surface area (Å²) in [5.74, 6) is -1.67. The largest absolute Gasteiger partial charge is 0.477 e. The van der Waals surface area contributed by atoms with Crippen LogP contribution in [0, 0.1) is 0 Å². The maximum atomic E-state index is 13.0. The fourth-order valence-corrected chi connectivity index (χ4v) is 2.87. The molecule has 0 aliphatic carbocycles. The van der Waals surface area contributed by atoms with E-state index in [1.807, 2.05) is 0 Å². The molecule has 0 radical (unpaired) electrons. The normalized spacial score (nSPS) is 14.2. The van der Waals surface area contributed by atoms with Gasteiger partial charge in [-0.3, -0.25) is 0 Å². The first-order valence-electron chi connectivity index (χ1n) is 6.68. The summed E-state index contributed by atoms with van der Waals surface area (Å²) in [6.07, 6.45) is -4.81. The molecule has 1 N–H and O–H groups in total. The van der Waals surface area contributed by atoms with Crippen LogP contribution < -0.4 is 4.90 Å². The van der Waals surface area contributed by atoms with Crippen molar-refractivity contribution in [2.75, 3.05) is 11.4 Å². The minimum absolute atomic E-state index is 0.0233. The summed E-state index contributed by atoms with van der Waals surface area (Å²) in [5.41, 5.74) is -1.40. The molecule has 0 unspecified atom stereocenters. The van der Waals surface area contributed by atoms with Gasteiger partial charge in [0.25, 0.3) is 0 Å². The number of aromatic carboxylic acids is 1. The summed E-state index contributed by atoms with van der Waals surface area (Å²) in [7, 11) is 0. The molecule has 0 saturated carbocycles. The lowest BCUT2D eigenvalue weighted by Crippen LogP contribution is -2.23. The fraction of sp³-hybridized carbons (Fsp3) is 0.286. The summed E-state index contributed by atoms with van der Waals surface area (Å²) in [4.78, 5) is 12.9. The highest BCUT2D eigenvalue weighted by Gasteiger charge is 2.44. The Morgan fingerprint density at radius 2 is 2.09 bits per heavy atom. The average Bonchev–Trinajstić information content (AvgIpc) is 2.98. The second kappa shape index (κ2) is 5.45. The Kier molecular flexibility index (Phi) is 3.71. The average molecular weight is 346 g/mol. The molecule has 2 aromatic rings. The molecule has 5 nitrogen and oxygen atoms in total. The first-order chi connectivity index (χ1) is 10.8. The minimum atomic E-state index is -4.81. The van der Waals surface area contributed by atoms with E-state index in [0.717, 1.165) is 10.2 Å². The monoisotopic (exact) mass is 345 g/mol. The van der Waals surface area contributed by atoms with Crippen molar-refractivity contribution in [1.82, 2.24) is 9.78 Å². The Morgan fingerprint density at radius 1 is 1.35 bits per heavy atom. The number of carboxylic acids is 1. The molecule has 1 aromatic heterocycles. The number of aromatic nitrogens is 2. The summed E-state index contributed by atoms with van der Waals surface area (Å²) < 4.78 is 40.1. The quantitative estimate of drug-likeness (QED) is 0.927. The van der Waals surface area contributed by atoms with Gasteiger partial charge in [0.05, 0.1) is 6.54 Å². The third kappa shape index (κ3) is 2.86. The van der Waals surface area contributed by atoms with E-state index in [0.29, 0.717) is 11.6 Å². The summed E-state index contributed by atoms with van der Waals surface area (Å²) in [5, 5.41) is 13.1. The number of halogens is 4. The molecule has 9 heteroatoms. The van der Waals surface area contributed by atoms with Gasteiger partial charge in [0.15, 0.2) is 5.69 Å². The highest BCUT2D eigenvalue weighted by Crippen LogP contribution is 2.38. The van der Waals surface area contributed by atoms with Gasteiger partial charge < -0.3 is 10.0 Å². The number of carboxylic acid groups (broad SMARTS) is 1. The number of anilines is 1. The molecule has 3 rings (SSSR count). The number of hydrogen-bond donors (Lipinski definition) is 1. The molecule has 1 aliphatic heterocycles. The van der Waals surface area contributed by atoms with E-state index in [9.17, 15) is 23.1 Å². The van der Waals surface area contributed by atoms with Crippen LogP contribution in [0.5, 0.6) is 0 Å². The highest BCUT2D eigenvalue weighted by molar-refractivity contribution is 6.30. The highest BCUT2D eigenvalue weighted by atomic mass is 35.5. The summed E-state index contributed by atoms with van der Waals surface area (Å²) in [6, 6.07) is 6.87. The van der Waals surface area contributed by atoms with Gasteiger partial charge in [0.1, 0.15) is 11.4 Å². The van der Waals surface area contributed by atoms with Crippen LogP contribution >= 0.6 is 11.6 Å². The molecule has 23 heavy (non-hydrogen) atoms. The first-order valence-corrected chi connectivity index (χ1v) is 7.06. The van der Waals surface area contributed by atoms with E-state index < -0.39 is 23.4 Å². The lowest BCUT2D eigenvalue weighted by Gasteiger charge is -2.18. The van der Waals surface area contributed by atoms with Crippen LogP contribution in [0.15, 0.2) is 24.3 Å². The SMILES string of the molecule is O=C(O)c1c(C(F)(F)F)nn2c1N(Cc1cccc(Cl)c1)CC2. The van der Waals surface area contributed by atoms with Crippen LogP contribution in [-0.4, -0.2) is 27.4 Å². The van der Waals surface area contributed by atoms with Gasteiger partial charge in [0, 0.05) is 18.1 Å². The predicted molar refractivity (Wildman–Crippen MR) is 76.7 cm³/mol. The molecule has 1 aromatic carbocycles. The van der Waals surface area contributed by atoms with Crippen molar-refractivity contribution < 1.29 is 23.1 Å². The third-order valence-corrected chi connectivity index (χ3v) is 3.79. The van der Waals surface area contributed by atoms with E-state index in [-0.39, 0.29) is 18.9 Å². The third-order valence-electron chi connectivity index (χ3n) is 3.55. The molecule has 122 valence electrons. The van der Waals surface area contributed by atoms with Gasteiger partial charge in [-0.1, -0.05) is 23.7 Å². The first kappa shape index (κ1) is 15.7.